The van der Waals surface area contributed by atoms with E-state index in [1.54, 1.807) is 0 Å². The van der Waals surface area contributed by atoms with Crippen LogP contribution in [0.25, 0.3) is 11.5 Å². The lowest BCUT2D eigenvalue weighted by Crippen LogP contribution is -2.29. The zero-order valence-corrected chi connectivity index (χ0v) is 15.6. The Labute approximate surface area is 159 Å². The highest BCUT2D eigenvalue weighted by Crippen LogP contribution is 2.30. The van der Waals surface area contributed by atoms with Crippen LogP contribution in [0, 0.1) is 6.92 Å². The standard InChI is InChI=1S/C22H23N3O2/c1-15-8-6-7-11-19(15)22-23-21(24-27-22)18-12-20(26)25(14-18)13-16(2)17-9-4-3-5-10-17/h3-11,16,18H,12-14H2,1-2H3. The molecule has 1 fully saturated rings. The van der Waals surface area contributed by atoms with E-state index in [0.29, 0.717) is 37.1 Å². The van der Waals surface area contributed by atoms with E-state index in [9.17, 15) is 4.79 Å². The number of hydrogen-bond acceptors (Lipinski definition) is 4. The molecule has 0 spiro atoms. The number of carbonyl (C=O) groups excluding carboxylic acids is 1. The highest BCUT2D eigenvalue weighted by Gasteiger charge is 2.34. The molecule has 0 bridgehead atoms. The number of nitrogens with zero attached hydrogens (tertiary/aromatic N) is 3. The molecule has 3 aromatic rings. The number of carbonyl (C=O) groups is 1. The Morgan fingerprint density at radius 2 is 1.89 bits per heavy atom. The minimum atomic E-state index is -0.0120. The maximum atomic E-state index is 12.5. The molecule has 0 aliphatic carbocycles. The van der Waals surface area contributed by atoms with Gasteiger partial charge in [-0.1, -0.05) is 60.6 Å². The maximum absolute atomic E-state index is 12.5. The maximum Gasteiger partial charge on any atom is 0.258 e. The summed E-state index contributed by atoms with van der Waals surface area (Å²) in [4.78, 5) is 19.0. The Hall–Kier alpha value is -2.95. The topological polar surface area (TPSA) is 59.2 Å². The lowest BCUT2D eigenvalue weighted by Gasteiger charge is -2.21. The Bertz CT molecular complexity index is 935. The third-order valence-corrected chi connectivity index (χ3v) is 5.26. The van der Waals surface area contributed by atoms with E-state index in [0.717, 1.165) is 11.1 Å². The Kier molecular flexibility index (Phi) is 4.75. The summed E-state index contributed by atoms with van der Waals surface area (Å²) in [5, 5.41) is 4.16. The Morgan fingerprint density at radius 1 is 1.15 bits per heavy atom. The first-order valence-corrected chi connectivity index (χ1v) is 9.34. The highest BCUT2D eigenvalue weighted by molar-refractivity contribution is 5.79. The minimum Gasteiger partial charge on any atom is -0.341 e. The summed E-state index contributed by atoms with van der Waals surface area (Å²) in [5.41, 5.74) is 3.28. The minimum absolute atomic E-state index is 0.0120. The molecule has 1 saturated heterocycles. The fraction of sp³-hybridized carbons (Fsp3) is 0.318. The smallest absolute Gasteiger partial charge is 0.258 e. The van der Waals surface area contributed by atoms with E-state index >= 15 is 0 Å². The van der Waals surface area contributed by atoms with Crippen molar-refractivity contribution in [3.05, 3.63) is 71.5 Å². The fourth-order valence-electron chi connectivity index (χ4n) is 3.66. The first kappa shape index (κ1) is 17.5. The summed E-state index contributed by atoms with van der Waals surface area (Å²) in [5.74, 6) is 1.58. The molecule has 5 nitrogen and oxygen atoms in total. The molecular formula is C22H23N3O2. The van der Waals surface area contributed by atoms with Gasteiger partial charge in [-0.05, 0) is 30.0 Å². The molecule has 5 heteroatoms. The first-order chi connectivity index (χ1) is 13.1. The number of likely N-dealkylation sites (tertiary alicyclic amines) is 1. The molecular weight excluding hydrogens is 338 g/mol. The van der Waals surface area contributed by atoms with Gasteiger partial charge in [-0.2, -0.15) is 4.98 Å². The van der Waals surface area contributed by atoms with Crippen LogP contribution in [0.4, 0.5) is 0 Å². The molecule has 2 unspecified atom stereocenters. The molecule has 1 aliphatic rings. The SMILES string of the molecule is Cc1ccccc1-c1nc(C2CC(=O)N(CC(C)c3ccccc3)C2)no1. The monoisotopic (exact) mass is 361 g/mol. The second-order valence-corrected chi connectivity index (χ2v) is 7.28. The van der Waals surface area contributed by atoms with Crippen molar-refractivity contribution in [2.75, 3.05) is 13.1 Å². The average molecular weight is 361 g/mol. The average Bonchev–Trinajstić information content (AvgIpc) is 3.30. The van der Waals surface area contributed by atoms with Crippen molar-refractivity contribution in [3.8, 4) is 11.5 Å². The second-order valence-electron chi connectivity index (χ2n) is 7.28. The predicted octanol–water partition coefficient (Wildman–Crippen LogP) is 4.16. The van der Waals surface area contributed by atoms with Crippen LogP contribution < -0.4 is 0 Å². The molecule has 4 rings (SSSR count). The van der Waals surface area contributed by atoms with Gasteiger partial charge < -0.3 is 9.42 Å². The van der Waals surface area contributed by atoms with Crippen LogP contribution in [0.1, 0.15) is 42.1 Å². The van der Waals surface area contributed by atoms with Crippen molar-refractivity contribution in [1.29, 1.82) is 0 Å². The normalized spacial score (nSPS) is 18.1. The number of hydrogen-bond donors (Lipinski definition) is 0. The van der Waals surface area contributed by atoms with E-state index in [1.807, 2.05) is 54.3 Å². The predicted molar refractivity (Wildman–Crippen MR) is 103 cm³/mol. The Morgan fingerprint density at radius 3 is 2.67 bits per heavy atom. The lowest BCUT2D eigenvalue weighted by atomic mass is 10.0. The van der Waals surface area contributed by atoms with Gasteiger partial charge in [-0.15, -0.1) is 0 Å². The van der Waals surface area contributed by atoms with E-state index in [1.165, 1.54) is 5.56 Å². The first-order valence-electron chi connectivity index (χ1n) is 9.34. The van der Waals surface area contributed by atoms with Crippen LogP contribution in [0.3, 0.4) is 0 Å². The van der Waals surface area contributed by atoms with E-state index in [2.05, 4.69) is 29.2 Å². The molecule has 0 radical (unpaired) electrons. The summed E-state index contributed by atoms with van der Waals surface area (Å²) >= 11 is 0. The molecule has 27 heavy (non-hydrogen) atoms. The van der Waals surface area contributed by atoms with Gasteiger partial charge in [-0.3, -0.25) is 4.79 Å². The van der Waals surface area contributed by atoms with Gasteiger partial charge in [0.1, 0.15) is 0 Å². The lowest BCUT2D eigenvalue weighted by molar-refractivity contribution is -0.127. The van der Waals surface area contributed by atoms with Crippen LogP contribution in [0.15, 0.2) is 59.1 Å². The number of aryl methyl sites for hydroxylation is 1. The van der Waals surface area contributed by atoms with Crippen LogP contribution in [0.2, 0.25) is 0 Å². The number of amides is 1. The van der Waals surface area contributed by atoms with Gasteiger partial charge >= 0.3 is 0 Å². The highest BCUT2D eigenvalue weighted by atomic mass is 16.5. The van der Waals surface area contributed by atoms with Crippen molar-refractivity contribution in [2.45, 2.75) is 32.1 Å². The van der Waals surface area contributed by atoms with Gasteiger partial charge in [0.2, 0.25) is 5.91 Å². The van der Waals surface area contributed by atoms with E-state index < -0.39 is 0 Å². The molecule has 2 heterocycles. The number of benzene rings is 2. The molecule has 138 valence electrons. The summed E-state index contributed by atoms with van der Waals surface area (Å²) in [6.07, 6.45) is 0.439. The van der Waals surface area contributed by atoms with Crippen molar-refractivity contribution >= 4 is 5.91 Å². The van der Waals surface area contributed by atoms with E-state index in [4.69, 9.17) is 4.52 Å². The quantitative estimate of drug-likeness (QED) is 0.684. The Balaban J connectivity index is 1.46. The largest absolute Gasteiger partial charge is 0.341 e. The molecule has 2 atom stereocenters. The summed E-state index contributed by atoms with van der Waals surface area (Å²) in [7, 11) is 0. The van der Waals surface area contributed by atoms with Gasteiger partial charge in [0.15, 0.2) is 5.82 Å². The zero-order valence-electron chi connectivity index (χ0n) is 15.6. The van der Waals surface area contributed by atoms with Gasteiger partial charge in [0, 0.05) is 31.0 Å². The molecule has 1 aliphatic heterocycles. The zero-order chi connectivity index (χ0) is 18.8. The van der Waals surface area contributed by atoms with Crippen LogP contribution >= 0.6 is 0 Å². The van der Waals surface area contributed by atoms with Crippen LogP contribution in [0.5, 0.6) is 0 Å². The van der Waals surface area contributed by atoms with Crippen molar-refractivity contribution in [2.24, 2.45) is 0 Å². The van der Waals surface area contributed by atoms with Crippen LogP contribution in [-0.4, -0.2) is 34.0 Å². The van der Waals surface area contributed by atoms with Gasteiger partial charge in [0.25, 0.3) is 5.89 Å². The fourth-order valence-corrected chi connectivity index (χ4v) is 3.66. The molecule has 1 aromatic heterocycles. The summed E-state index contributed by atoms with van der Waals surface area (Å²) < 4.78 is 5.47. The summed E-state index contributed by atoms with van der Waals surface area (Å²) in [6.45, 7) is 5.52. The third kappa shape index (κ3) is 3.63. The number of rotatable bonds is 5. The van der Waals surface area contributed by atoms with Crippen LogP contribution in [-0.2, 0) is 4.79 Å². The van der Waals surface area contributed by atoms with Crippen molar-refractivity contribution in [3.63, 3.8) is 0 Å². The van der Waals surface area contributed by atoms with Gasteiger partial charge in [-0.25, -0.2) is 0 Å². The third-order valence-electron chi connectivity index (χ3n) is 5.26. The van der Waals surface area contributed by atoms with Crippen molar-refractivity contribution in [1.82, 2.24) is 15.0 Å². The molecule has 0 saturated carbocycles. The molecule has 2 aromatic carbocycles. The molecule has 1 amide bonds. The number of aromatic nitrogens is 2. The van der Waals surface area contributed by atoms with E-state index in [-0.39, 0.29) is 11.8 Å². The molecule has 0 N–H and O–H groups in total. The van der Waals surface area contributed by atoms with Gasteiger partial charge in [0.05, 0.1) is 0 Å². The second kappa shape index (κ2) is 7.35. The summed E-state index contributed by atoms with van der Waals surface area (Å²) in [6, 6.07) is 18.2. The van der Waals surface area contributed by atoms with Crippen molar-refractivity contribution < 1.29 is 9.32 Å².